The average Bonchev–Trinajstić information content (AvgIpc) is 2.96. The number of carbonyl (C=O) groups is 1. The van der Waals surface area contributed by atoms with Crippen LogP contribution in [0.1, 0.15) is 17.7 Å². The molecule has 0 aliphatic rings. The van der Waals surface area contributed by atoms with Gasteiger partial charge in [-0.15, -0.1) is 0 Å². The number of para-hydroxylation sites is 1. The van der Waals surface area contributed by atoms with Gasteiger partial charge >= 0.3 is 0 Å². The van der Waals surface area contributed by atoms with Crippen molar-refractivity contribution in [2.45, 2.75) is 19.4 Å². The molecule has 1 amide bonds. The highest BCUT2D eigenvalue weighted by Crippen LogP contribution is 2.18. The fourth-order valence-corrected chi connectivity index (χ4v) is 1.82. The standard InChI is InChI=1S/C14H17N3O2/c1-19-13-5-3-2-4-11(13)6-7-14(18)16-9-12-8-15-10-17-12/h2-5,8,10H,6-7,9H2,1H3,(H,15,17)(H,16,18). The largest absolute Gasteiger partial charge is 0.496 e. The van der Waals surface area contributed by atoms with Crippen LogP contribution in [-0.2, 0) is 17.8 Å². The summed E-state index contributed by atoms with van der Waals surface area (Å²) in [5, 5.41) is 2.84. The summed E-state index contributed by atoms with van der Waals surface area (Å²) < 4.78 is 5.25. The van der Waals surface area contributed by atoms with Gasteiger partial charge in [0.1, 0.15) is 5.75 Å². The number of aryl methyl sites for hydroxylation is 1. The van der Waals surface area contributed by atoms with Gasteiger partial charge < -0.3 is 15.0 Å². The number of benzene rings is 1. The highest BCUT2D eigenvalue weighted by atomic mass is 16.5. The van der Waals surface area contributed by atoms with Gasteiger partial charge in [-0.2, -0.15) is 0 Å². The molecule has 2 aromatic rings. The van der Waals surface area contributed by atoms with Gasteiger partial charge in [0.05, 0.1) is 25.7 Å². The predicted octanol–water partition coefficient (Wildman–Crippen LogP) is 1.67. The number of carbonyl (C=O) groups excluding carboxylic acids is 1. The van der Waals surface area contributed by atoms with Crippen LogP contribution in [0.5, 0.6) is 5.75 Å². The van der Waals surface area contributed by atoms with E-state index in [0.717, 1.165) is 17.0 Å². The molecule has 0 saturated heterocycles. The topological polar surface area (TPSA) is 67.0 Å². The zero-order chi connectivity index (χ0) is 13.5. The lowest BCUT2D eigenvalue weighted by Gasteiger charge is -2.08. The molecule has 1 aromatic heterocycles. The van der Waals surface area contributed by atoms with Crippen LogP contribution in [0.3, 0.4) is 0 Å². The van der Waals surface area contributed by atoms with Crippen LogP contribution in [0.25, 0.3) is 0 Å². The van der Waals surface area contributed by atoms with Gasteiger partial charge in [0.2, 0.25) is 5.91 Å². The second-order valence-corrected chi connectivity index (χ2v) is 4.17. The molecule has 100 valence electrons. The van der Waals surface area contributed by atoms with Crippen LogP contribution in [-0.4, -0.2) is 23.0 Å². The van der Waals surface area contributed by atoms with Crippen LogP contribution < -0.4 is 10.1 Å². The summed E-state index contributed by atoms with van der Waals surface area (Å²) in [7, 11) is 1.64. The normalized spacial score (nSPS) is 10.2. The fraction of sp³-hybridized carbons (Fsp3) is 0.286. The number of nitrogens with one attached hydrogen (secondary N) is 2. The van der Waals surface area contributed by atoms with Gasteiger partial charge in [0, 0.05) is 12.6 Å². The second-order valence-electron chi connectivity index (χ2n) is 4.17. The number of rotatable bonds is 6. The summed E-state index contributed by atoms with van der Waals surface area (Å²) in [5.41, 5.74) is 1.94. The Balaban J connectivity index is 1.80. The Hall–Kier alpha value is -2.30. The zero-order valence-corrected chi connectivity index (χ0v) is 10.8. The average molecular weight is 259 g/mol. The minimum atomic E-state index is 0.0144. The van der Waals surface area contributed by atoms with E-state index in [1.807, 2.05) is 24.3 Å². The van der Waals surface area contributed by atoms with Crippen molar-refractivity contribution < 1.29 is 9.53 Å². The first-order chi connectivity index (χ1) is 9.29. The van der Waals surface area contributed by atoms with E-state index in [4.69, 9.17) is 4.74 Å². The van der Waals surface area contributed by atoms with Crippen LogP contribution in [0, 0.1) is 0 Å². The van der Waals surface area contributed by atoms with Gasteiger partial charge in [0.15, 0.2) is 0 Å². The number of imidazole rings is 1. The SMILES string of the molecule is COc1ccccc1CCC(=O)NCc1cnc[nH]1. The second kappa shape index (κ2) is 6.58. The van der Waals surface area contributed by atoms with Crippen molar-refractivity contribution in [2.75, 3.05) is 7.11 Å². The summed E-state index contributed by atoms with van der Waals surface area (Å²) in [5.74, 6) is 0.837. The Morgan fingerprint density at radius 1 is 1.42 bits per heavy atom. The van der Waals surface area contributed by atoms with E-state index >= 15 is 0 Å². The molecule has 0 unspecified atom stereocenters. The fourth-order valence-electron chi connectivity index (χ4n) is 1.82. The maximum absolute atomic E-state index is 11.7. The molecular weight excluding hydrogens is 242 g/mol. The van der Waals surface area contributed by atoms with Gasteiger partial charge in [-0.3, -0.25) is 4.79 Å². The number of hydrogen-bond donors (Lipinski definition) is 2. The van der Waals surface area contributed by atoms with Gasteiger partial charge in [-0.05, 0) is 18.1 Å². The van der Waals surface area contributed by atoms with Crippen molar-refractivity contribution in [3.05, 3.63) is 48.0 Å². The maximum atomic E-state index is 11.7. The molecule has 0 atom stereocenters. The van der Waals surface area contributed by atoms with E-state index in [1.54, 1.807) is 19.6 Å². The van der Waals surface area contributed by atoms with Gasteiger partial charge in [0.25, 0.3) is 0 Å². The third-order valence-electron chi connectivity index (χ3n) is 2.84. The summed E-state index contributed by atoms with van der Waals surface area (Å²) in [6.45, 7) is 0.477. The Kier molecular flexibility index (Phi) is 4.55. The molecular formula is C14H17N3O2. The molecule has 1 heterocycles. The van der Waals surface area contributed by atoms with Crippen LogP contribution in [0.4, 0.5) is 0 Å². The van der Waals surface area contributed by atoms with E-state index in [9.17, 15) is 4.79 Å². The molecule has 0 radical (unpaired) electrons. The van der Waals surface area contributed by atoms with Crippen molar-refractivity contribution in [3.8, 4) is 5.75 Å². The van der Waals surface area contributed by atoms with E-state index < -0.39 is 0 Å². The minimum absolute atomic E-state index is 0.0144. The first kappa shape index (κ1) is 13.1. The lowest BCUT2D eigenvalue weighted by molar-refractivity contribution is -0.121. The van der Waals surface area contributed by atoms with E-state index in [-0.39, 0.29) is 5.91 Å². The van der Waals surface area contributed by atoms with Gasteiger partial charge in [-0.1, -0.05) is 18.2 Å². The van der Waals surface area contributed by atoms with Crippen molar-refractivity contribution in [2.24, 2.45) is 0 Å². The molecule has 5 nitrogen and oxygen atoms in total. The van der Waals surface area contributed by atoms with Crippen molar-refractivity contribution in [1.82, 2.24) is 15.3 Å². The third kappa shape index (κ3) is 3.84. The molecule has 0 bridgehead atoms. The summed E-state index contributed by atoms with van der Waals surface area (Å²) in [4.78, 5) is 18.6. The summed E-state index contributed by atoms with van der Waals surface area (Å²) in [6, 6.07) is 7.74. The Morgan fingerprint density at radius 2 is 2.26 bits per heavy atom. The van der Waals surface area contributed by atoms with Crippen LogP contribution in [0.2, 0.25) is 0 Å². The Bertz CT molecular complexity index is 523. The molecule has 0 fully saturated rings. The molecule has 0 aliphatic carbocycles. The smallest absolute Gasteiger partial charge is 0.220 e. The first-order valence-electron chi connectivity index (χ1n) is 6.15. The first-order valence-corrected chi connectivity index (χ1v) is 6.15. The van der Waals surface area contributed by atoms with E-state index in [1.165, 1.54) is 0 Å². The molecule has 1 aromatic carbocycles. The number of aromatic amines is 1. The predicted molar refractivity (Wildman–Crippen MR) is 71.7 cm³/mol. The lowest BCUT2D eigenvalue weighted by atomic mass is 10.1. The monoisotopic (exact) mass is 259 g/mol. The van der Waals surface area contributed by atoms with E-state index in [0.29, 0.717) is 19.4 Å². The highest BCUT2D eigenvalue weighted by Gasteiger charge is 2.06. The summed E-state index contributed by atoms with van der Waals surface area (Å²) in [6.07, 6.45) is 4.39. The zero-order valence-electron chi connectivity index (χ0n) is 10.8. The molecule has 5 heteroatoms. The lowest BCUT2D eigenvalue weighted by Crippen LogP contribution is -2.23. The Morgan fingerprint density at radius 3 is 3.00 bits per heavy atom. The minimum Gasteiger partial charge on any atom is -0.496 e. The number of ether oxygens (including phenoxy) is 1. The molecule has 19 heavy (non-hydrogen) atoms. The third-order valence-corrected chi connectivity index (χ3v) is 2.84. The summed E-state index contributed by atoms with van der Waals surface area (Å²) >= 11 is 0. The highest BCUT2D eigenvalue weighted by molar-refractivity contribution is 5.76. The Labute approximate surface area is 112 Å². The number of nitrogens with zero attached hydrogens (tertiary/aromatic N) is 1. The van der Waals surface area contributed by atoms with Gasteiger partial charge in [-0.25, -0.2) is 4.98 Å². The molecule has 0 aliphatic heterocycles. The van der Waals surface area contributed by atoms with Crippen molar-refractivity contribution in [1.29, 1.82) is 0 Å². The quantitative estimate of drug-likeness (QED) is 0.829. The van der Waals surface area contributed by atoms with E-state index in [2.05, 4.69) is 15.3 Å². The van der Waals surface area contributed by atoms with Crippen LogP contribution in [0.15, 0.2) is 36.8 Å². The number of H-pyrrole nitrogens is 1. The molecule has 0 saturated carbocycles. The number of aromatic nitrogens is 2. The number of hydrogen-bond acceptors (Lipinski definition) is 3. The molecule has 2 rings (SSSR count). The molecule has 2 N–H and O–H groups in total. The maximum Gasteiger partial charge on any atom is 0.220 e. The molecule has 0 spiro atoms. The van der Waals surface area contributed by atoms with Crippen LogP contribution >= 0.6 is 0 Å². The number of methoxy groups -OCH3 is 1. The number of amides is 1. The van der Waals surface area contributed by atoms with Crippen molar-refractivity contribution in [3.63, 3.8) is 0 Å². The van der Waals surface area contributed by atoms with Crippen molar-refractivity contribution >= 4 is 5.91 Å².